The fraction of sp³-hybridized carbons (Fsp3) is 0.438. The third-order valence-corrected chi connectivity index (χ3v) is 5.32. The van der Waals surface area contributed by atoms with Gasteiger partial charge in [-0.1, -0.05) is 0 Å². The van der Waals surface area contributed by atoms with Gasteiger partial charge in [0.1, 0.15) is 21.1 Å². The van der Waals surface area contributed by atoms with Crippen LogP contribution in [0.2, 0.25) is 0 Å². The summed E-state index contributed by atoms with van der Waals surface area (Å²) in [6.45, 7) is 1.08. The van der Waals surface area contributed by atoms with Gasteiger partial charge in [0, 0.05) is 12.3 Å². The summed E-state index contributed by atoms with van der Waals surface area (Å²) in [5.74, 6) is -1.06. The number of carbonyl (C=O) groups excluding carboxylic acids is 1. The van der Waals surface area contributed by atoms with Crippen molar-refractivity contribution in [3.8, 4) is 0 Å². The molecule has 26 heavy (non-hydrogen) atoms. The summed E-state index contributed by atoms with van der Waals surface area (Å²) < 4.78 is 38.3. The maximum atomic E-state index is 12.8. The quantitative estimate of drug-likeness (QED) is 0.639. The van der Waals surface area contributed by atoms with Crippen LogP contribution in [0.4, 0.5) is 18.9 Å². The average molecular weight is 387 g/mol. The fourth-order valence-corrected chi connectivity index (χ4v) is 4.22. The van der Waals surface area contributed by atoms with Crippen LogP contribution < -0.4 is 10.6 Å². The van der Waals surface area contributed by atoms with E-state index in [4.69, 9.17) is 9.90 Å². The van der Waals surface area contributed by atoms with Gasteiger partial charge >= 0.3 is 6.18 Å². The monoisotopic (exact) mass is 387 g/mol. The molecule has 1 spiro atoms. The molecule has 2 aromatic rings. The lowest BCUT2D eigenvalue weighted by Gasteiger charge is -2.36. The van der Waals surface area contributed by atoms with Crippen LogP contribution in [-0.4, -0.2) is 27.6 Å². The van der Waals surface area contributed by atoms with Gasteiger partial charge in [0.25, 0.3) is 11.9 Å². The Labute approximate surface area is 150 Å². The molecule has 2 aliphatic rings. The molecule has 3 N–H and O–H groups in total. The Morgan fingerprint density at radius 2 is 1.88 bits per heavy atom. The summed E-state index contributed by atoms with van der Waals surface area (Å²) in [6.07, 6.45) is -0.809. The first-order valence-corrected chi connectivity index (χ1v) is 8.74. The summed E-state index contributed by atoms with van der Waals surface area (Å²) in [4.78, 5) is 25.6. The first-order valence-electron chi connectivity index (χ1n) is 7.92. The average Bonchev–Trinajstić information content (AvgIpc) is 3.11. The maximum Gasteiger partial charge on any atom is 0.433 e. The molecule has 1 fully saturated rings. The first-order chi connectivity index (χ1) is 12.1. The second-order valence-electron chi connectivity index (χ2n) is 6.24. The Balaban J connectivity index is 0.000000447. The number of thiophene rings is 1. The minimum Gasteiger partial charge on any atom is -0.481 e. The third kappa shape index (κ3) is 3.46. The maximum absolute atomic E-state index is 12.8. The lowest BCUT2D eigenvalue weighted by molar-refractivity contribution is -0.141. The molecule has 0 atom stereocenters. The van der Waals surface area contributed by atoms with E-state index >= 15 is 0 Å². The van der Waals surface area contributed by atoms with Gasteiger partial charge in [-0.25, -0.2) is 4.98 Å². The second kappa shape index (κ2) is 6.42. The van der Waals surface area contributed by atoms with Crippen molar-refractivity contribution in [2.75, 3.05) is 5.32 Å². The van der Waals surface area contributed by atoms with Crippen LogP contribution >= 0.6 is 11.3 Å². The minimum absolute atomic E-state index is 0.229. The fourth-order valence-electron chi connectivity index (χ4n) is 3.19. The van der Waals surface area contributed by atoms with E-state index in [1.807, 2.05) is 0 Å². The number of carbonyl (C=O) groups is 2. The lowest BCUT2D eigenvalue weighted by atomic mass is 10.0. The van der Waals surface area contributed by atoms with Crippen LogP contribution in [0, 0.1) is 0 Å². The number of carboxylic acids is 1. The van der Waals surface area contributed by atoms with E-state index in [1.54, 1.807) is 0 Å². The predicted octanol–water partition coefficient (Wildman–Crippen LogP) is 3.83. The van der Waals surface area contributed by atoms with Crippen molar-refractivity contribution < 1.29 is 27.9 Å². The summed E-state index contributed by atoms with van der Waals surface area (Å²) in [5, 5.41) is 14.3. The Bertz CT molecular complexity index is 869. The molecular weight excluding hydrogens is 371 g/mol. The smallest absolute Gasteiger partial charge is 0.433 e. The molecule has 2 aromatic heterocycles. The van der Waals surface area contributed by atoms with Gasteiger partial charge in [-0.15, -0.1) is 11.3 Å². The van der Waals surface area contributed by atoms with E-state index in [0.717, 1.165) is 50.0 Å². The summed E-state index contributed by atoms with van der Waals surface area (Å²) in [5.41, 5.74) is -0.776. The third-order valence-electron chi connectivity index (χ3n) is 4.23. The number of nitrogens with one attached hydrogen (secondary N) is 2. The van der Waals surface area contributed by atoms with Crippen molar-refractivity contribution in [3.05, 3.63) is 22.7 Å². The van der Waals surface area contributed by atoms with E-state index in [-0.39, 0.29) is 10.7 Å². The molecule has 6 nitrogen and oxygen atoms in total. The number of nitrogens with zero attached hydrogens (tertiary/aromatic N) is 1. The highest BCUT2D eigenvalue weighted by Gasteiger charge is 2.42. The van der Waals surface area contributed by atoms with Crippen LogP contribution in [0.1, 0.15) is 48.0 Å². The number of pyridine rings is 1. The normalized spacial score (nSPS) is 17.9. The first kappa shape index (κ1) is 18.4. The molecule has 3 heterocycles. The molecule has 1 aliphatic carbocycles. The largest absolute Gasteiger partial charge is 0.481 e. The van der Waals surface area contributed by atoms with Gasteiger partial charge < -0.3 is 15.7 Å². The predicted molar refractivity (Wildman–Crippen MR) is 90.2 cm³/mol. The molecule has 0 unspecified atom stereocenters. The molecular formula is C16H16F3N3O3S. The molecule has 10 heteroatoms. The van der Waals surface area contributed by atoms with Crippen molar-refractivity contribution in [2.24, 2.45) is 0 Å². The Morgan fingerprint density at radius 3 is 2.46 bits per heavy atom. The van der Waals surface area contributed by atoms with Crippen molar-refractivity contribution in [1.82, 2.24) is 10.3 Å². The zero-order valence-electron chi connectivity index (χ0n) is 13.7. The van der Waals surface area contributed by atoms with Gasteiger partial charge in [0.2, 0.25) is 0 Å². The van der Waals surface area contributed by atoms with Gasteiger partial charge in [-0.2, -0.15) is 13.2 Å². The molecule has 0 aromatic carbocycles. The van der Waals surface area contributed by atoms with E-state index in [0.29, 0.717) is 16.0 Å². The minimum atomic E-state index is -4.49. The zero-order chi connectivity index (χ0) is 19.1. The molecule has 0 saturated heterocycles. The highest BCUT2D eigenvalue weighted by atomic mass is 32.1. The summed E-state index contributed by atoms with van der Waals surface area (Å²) in [7, 11) is 0. The number of rotatable bonds is 0. The topological polar surface area (TPSA) is 91.3 Å². The highest BCUT2D eigenvalue weighted by Crippen LogP contribution is 2.43. The summed E-state index contributed by atoms with van der Waals surface area (Å²) in [6, 6.07) is 2.36. The zero-order valence-corrected chi connectivity index (χ0v) is 14.6. The molecule has 1 saturated carbocycles. The van der Waals surface area contributed by atoms with E-state index in [1.165, 1.54) is 6.07 Å². The number of aliphatic carboxylic acids is 1. The summed E-state index contributed by atoms with van der Waals surface area (Å²) >= 11 is 0.995. The highest BCUT2D eigenvalue weighted by molar-refractivity contribution is 7.21. The molecule has 4 rings (SSSR count). The Morgan fingerprint density at radius 1 is 1.27 bits per heavy atom. The lowest BCUT2D eigenvalue weighted by Crippen LogP contribution is -2.55. The molecule has 1 amide bonds. The van der Waals surface area contributed by atoms with Gasteiger partial charge in [-0.05, 0) is 37.8 Å². The standard InChI is InChI=1S/C14H12F3N3OS.C2H4O2/c15-14(16,17)8-4-3-7-9-10(22-12(7)18-8)11(21)20-13(19-9)5-1-2-6-13;1-2(3)4/h3-4,19H,1-2,5-6H2,(H,20,21);1H3,(H,3,4). The van der Waals surface area contributed by atoms with Crippen LogP contribution in [-0.2, 0) is 11.0 Å². The van der Waals surface area contributed by atoms with Crippen LogP contribution in [0.15, 0.2) is 12.1 Å². The molecule has 1 aliphatic heterocycles. The van der Waals surface area contributed by atoms with Gasteiger partial charge in [0.15, 0.2) is 0 Å². The molecule has 140 valence electrons. The van der Waals surface area contributed by atoms with Crippen LogP contribution in [0.3, 0.4) is 0 Å². The number of halogens is 3. The molecule has 0 bridgehead atoms. The van der Waals surface area contributed by atoms with Crippen molar-refractivity contribution in [2.45, 2.75) is 44.4 Å². The number of amides is 1. The number of alkyl halides is 3. The van der Waals surface area contributed by atoms with E-state index < -0.39 is 23.5 Å². The van der Waals surface area contributed by atoms with E-state index in [9.17, 15) is 18.0 Å². The van der Waals surface area contributed by atoms with Crippen molar-refractivity contribution in [1.29, 1.82) is 0 Å². The van der Waals surface area contributed by atoms with Gasteiger partial charge in [0.05, 0.1) is 5.69 Å². The number of hydrogen-bond acceptors (Lipinski definition) is 5. The number of hydrogen-bond donors (Lipinski definition) is 3. The Kier molecular flexibility index (Phi) is 4.55. The SMILES string of the molecule is CC(=O)O.O=C1NC2(CCCC2)Nc2c1sc1nc(C(F)(F)F)ccc21. The number of carboxylic acid groups (broad SMARTS) is 1. The number of aromatic nitrogens is 1. The second-order valence-corrected chi connectivity index (χ2v) is 7.24. The molecule has 0 radical (unpaired) electrons. The number of anilines is 1. The van der Waals surface area contributed by atoms with Crippen molar-refractivity contribution >= 4 is 39.1 Å². The van der Waals surface area contributed by atoms with Crippen LogP contribution in [0.5, 0.6) is 0 Å². The Hall–Kier alpha value is -2.36. The van der Waals surface area contributed by atoms with E-state index in [2.05, 4.69) is 15.6 Å². The van der Waals surface area contributed by atoms with Crippen LogP contribution in [0.25, 0.3) is 10.2 Å². The van der Waals surface area contributed by atoms with Crippen molar-refractivity contribution in [3.63, 3.8) is 0 Å². The number of fused-ring (bicyclic) bond motifs is 3. The van der Waals surface area contributed by atoms with Gasteiger partial charge in [-0.3, -0.25) is 9.59 Å².